The van der Waals surface area contributed by atoms with Gasteiger partial charge in [0.1, 0.15) is 11.5 Å². The number of piperazine rings is 1. The topological polar surface area (TPSA) is 76.5 Å². The van der Waals surface area contributed by atoms with Gasteiger partial charge in [-0.2, -0.15) is 0 Å². The van der Waals surface area contributed by atoms with E-state index >= 15 is 0 Å². The van der Waals surface area contributed by atoms with Gasteiger partial charge in [0.2, 0.25) is 0 Å². The molecule has 0 saturated carbocycles. The molecule has 0 aliphatic carbocycles. The number of benzene rings is 2. The predicted molar refractivity (Wildman–Crippen MR) is 128 cm³/mol. The van der Waals surface area contributed by atoms with Crippen molar-refractivity contribution in [3.05, 3.63) is 98.1 Å². The summed E-state index contributed by atoms with van der Waals surface area (Å²) in [6, 6.07) is 15.6. The van der Waals surface area contributed by atoms with E-state index in [9.17, 15) is 14.0 Å². The van der Waals surface area contributed by atoms with Crippen LogP contribution in [0.15, 0.2) is 64.2 Å². The Morgan fingerprint density at radius 1 is 1.00 bits per heavy atom. The van der Waals surface area contributed by atoms with Crippen LogP contribution in [-0.2, 0) is 20.1 Å². The van der Waals surface area contributed by atoms with Gasteiger partial charge >= 0.3 is 5.69 Å². The minimum atomic E-state index is -0.463. The van der Waals surface area contributed by atoms with Gasteiger partial charge in [-0.25, -0.2) is 9.18 Å². The first-order valence-electron chi connectivity index (χ1n) is 11.2. The third-order valence-corrected chi connectivity index (χ3v) is 6.40. The summed E-state index contributed by atoms with van der Waals surface area (Å²) in [4.78, 5) is 30.6. The summed E-state index contributed by atoms with van der Waals surface area (Å²) >= 11 is 0. The third-order valence-electron chi connectivity index (χ3n) is 6.40. The van der Waals surface area contributed by atoms with E-state index < -0.39 is 6.04 Å². The Morgan fingerprint density at radius 2 is 1.70 bits per heavy atom. The molecular formula is C25H30FN5O2. The van der Waals surface area contributed by atoms with E-state index in [4.69, 9.17) is 5.73 Å². The number of anilines is 1. The molecule has 1 aliphatic heterocycles. The van der Waals surface area contributed by atoms with Crippen LogP contribution >= 0.6 is 0 Å². The Bertz CT molecular complexity index is 1230. The molecule has 174 valence electrons. The molecular weight excluding hydrogens is 421 g/mol. The van der Waals surface area contributed by atoms with E-state index in [1.54, 1.807) is 26.1 Å². The van der Waals surface area contributed by atoms with Gasteiger partial charge in [-0.1, -0.05) is 42.5 Å². The maximum Gasteiger partial charge on any atom is 0.331 e. The van der Waals surface area contributed by atoms with Crippen molar-refractivity contribution < 1.29 is 4.39 Å². The maximum absolute atomic E-state index is 13.5. The average molecular weight is 452 g/mol. The number of hydrogen-bond acceptors (Lipinski definition) is 5. The number of nitrogens with two attached hydrogens (primary N) is 1. The third kappa shape index (κ3) is 4.91. The second-order valence-corrected chi connectivity index (χ2v) is 8.60. The molecule has 2 N–H and O–H groups in total. The van der Waals surface area contributed by atoms with Gasteiger partial charge in [0, 0.05) is 51.5 Å². The number of aromatic nitrogens is 2. The maximum atomic E-state index is 13.5. The van der Waals surface area contributed by atoms with Crippen molar-refractivity contribution in [3.63, 3.8) is 0 Å². The van der Waals surface area contributed by atoms with Crippen LogP contribution in [0.2, 0.25) is 0 Å². The Balaban J connectivity index is 1.54. The lowest BCUT2D eigenvalue weighted by Gasteiger charge is -2.36. The lowest BCUT2D eigenvalue weighted by molar-refractivity contribution is 0.249. The highest BCUT2D eigenvalue weighted by atomic mass is 19.1. The molecule has 2 aromatic carbocycles. The molecule has 0 bridgehead atoms. The summed E-state index contributed by atoms with van der Waals surface area (Å²) < 4.78 is 16.3. The zero-order chi connectivity index (χ0) is 23.5. The number of hydrogen-bond donors (Lipinski definition) is 1. The second-order valence-electron chi connectivity index (χ2n) is 8.60. The summed E-state index contributed by atoms with van der Waals surface area (Å²) in [5, 5.41) is 0. The van der Waals surface area contributed by atoms with Crippen LogP contribution in [0.5, 0.6) is 0 Å². The van der Waals surface area contributed by atoms with Crippen molar-refractivity contribution in [2.45, 2.75) is 26.1 Å². The van der Waals surface area contributed by atoms with Crippen molar-refractivity contribution in [1.82, 2.24) is 14.0 Å². The molecule has 0 unspecified atom stereocenters. The molecule has 0 spiro atoms. The zero-order valence-corrected chi connectivity index (χ0v) is 19.1. The van der Waals surface area contributed by atoms with Gasteiger partial charge in [-0.3, -0.25) is 18.8 Å². The van der Waals surface area contributed by atoms with Gasteiger partial charge in [0.05, 0.1) is 6.54 Å². The first kappa shape index (κ1) is 22.9. The molecule has 1 saturated heterocycles. The van der Waals surface area contributed by atoms with Crippen LogP contribution in [0.4, 0.5) is 10.1 Å². The lowest BCUT2D eigenvalue weighted by Crippen LogP contribution is -2.51. The Labute approximate surface area is 192 Å². The number of nitrogens with zero attached hydrogens (tertiary/aromatic N) is 4. The van der Waals surface area contributed by atoms with Crippen molar-refractivity contribution in [2.75, 3.05) is 31.1 Å². The number of halogens is 1. The first-order valence-corrected chi connectivity index (χ1v) is 11.2. The summed E-state index contributed by atoms with van der Waals surface area (Å²) in [5.41, 5.74) is 8.65. The van der Waals surface area contributed by atoms with E-state index in [0.29, 0.717) is 31.0 Å². The minimum Gasteiger partial charge on any atom is -0.363 e. The van der Waals surface area contributed by atoms with Crippen molar-refractivity contribution in [3.8, 4) is 0 Å². The van der Waals surface area contributed by atoms with Crippen LogP contribution in [0.1, 0.15) is 22.9 Å². The summed E-state index contributed by atoms with van der Waals surface area (Å²) in [7, 11) is 1.69. The van der Waals surface area contributed by atoms with Crippen LogP contribution < -0.4 is 21.9 Å². The standard InChI is InChI=1S/C25H30FN5O2/c1-18-23(30-13-11-29(12-14-30)16-19-7-6-10-21(26)15-19)24(32)31(25(33)28(18)2)17-22(27)20-8-4-3-5-9-20/h3-10,15,22H,11-14,16-17,27H2,1-2H3/t22-/m1/s1. The highest BCUT2D eigenvalue weighted by Gasteiger charge is 2.25. The quantitative estimate of drug-likeness (QED) is 0.621. The fraction of sp³-hybridized carbons (Fsp3) is 0.360. The highest BCUT2D eigenvalue weighted by molar-refractivity contribution is 5.49. The molecule has 1 atom stereocenters. The zero-order valence-electron chi connectivity index (χ0n) is 19.1. The molecule has 1 aliphatic rings. The molecule has 2 heterocycles. The normalized spacial score (nSPS) is 15.6. The molecule has 0 amide bonds. The second kappa shape index (κ2) is 9.72. The van der Waals surface area contributed by atoms with Crippen molar-refractivity contribution in [2.24, 2.45) is 12.8 Å². The molecule has 8 heteroatoms. The first-order chi connectivity index (χ1) is 15.8. The van der Waals surface area contributed by atoms with E-state index in [1.807, 2.05) is 41.3 Å². The number of rotatable bonds is 6. The summed E-state index contributed by atoms with van der Waals surface area (Å²) in [5.74, 6) is -0.235. The van der Waals surface area contributed by atoms with Gasteiger partial charge in [-0.15, -0.1) is 0 Å². The molecule has 33 heavy (non-hydrogen) atoms. The fourth-order valence-electron chi connectivity index (χ4n) is 4.40. The van der Waals surface area contributed by atoms with Crippen LogP contribution in [0.25, 0.3) is 0 Å². The van der Waals surface area contributed by atoms with E-state index in [1.165, 1.54) is 15.2 Å². The van der Waals surface area contributed by atoms with Crippen molar-refractivity contribution in [1.29, 1.82) is 0 Å². The van der Waals surface area contributed by atoms with Gasteiger partial charge < -0.3 is 10.6 Å². The summed E-state index contributed by atoms with van der Waals surface area (Å²) in [6.07, 6.45) is 0. The van der Waals surface area contributed by atoms with E-state index in [2.05, 4.69) is 4.90 Å². The van der Waals surface area contributed by atoms with Crippen LogP contribution in [-0.4, -0.2) is 40.2 Å². The average Bonchev–Trinajstić information content (AvgIpc) is 2.82. The Morgan fingerprint density at radius 3 is 2.36 bits per heavy atom. The Kier molecular flexibility index (Phi) is 6.76. The molecule has 7 nitrogen and oxygen atoms in total. The monoisotopic (exact) mass is 451 g/mol. The van der Waals surface area contributed by atoms with Crippen molar-refractivity contribution >= 4 is 5.69 Å². The van der Waals surface area contributed by atoms with Gasteiger partial charge in [0.25, 0.3) is 5.56 Å². The minimum absolute atomic E-state index is 0.113. The molecule has 4 rings (SSSR count). The SMILES string of the molecule is Cc1c(N2CCN(Cc3cccc(F)c3)CC2)c(=O)n(C[C@@H](N)c2ccccc2)c(=O)n1C. The van der Waals surface area contributed by atoms with Crippen LogP contribution in [0, 0.1) is 12.7 Å². The predicted octanol–water partition coefficient (Wildman–Crippen LogP) is 2.02. The largest absolute Gasteiger partial charge is 0.363 e. The van der Waals surface area contributed by atoms with Crippen LogP contribution in [0.3, 0.4) is 0 Å². The summed E-state index contributed by atoms with van der Waals surface area (Å²) in [6.45, 7) is 5.35. The van der Waals surface area contributed by atoms with E-state index in [-0.39, 0.29) is 23.6 Å². The Hall–Kier alpha value is -3.23. The molecule has 1 fully saturated rings. The smallest absolute Gasteiger partial charge is 0.331 e. The highest BCUT2D eigenvalue weighted by Crippen LogP contribution is 2.18. The lowest BCUT2D eigenvalue weighted by atomic mass is 10.1. The van der Waals surface area contributed by atoms with Gasteiger partial charge in [-0.05, 0) is 30.2 Å². The molecule has 3 aromatic rings. The fourth-order valence-corrected chi connectivity index (χ4v) is 4.40. The van der Waals surface area contributed by atoms with E-state index in [0.717, 1.165) is 24.2 Å². The molecule has 1 aromatic heterocycles. The van der Waals surface area contributed by atoms with Gasteiger partial charge in [0.15, 0.2) is 0 Å². The molecule has 0 radical (unpaired) electrons.